The lowest BCUT2D eigenvalue weighted by atomic mass is 9.99. The number of aliphatic hydroxyl groups excluding tert-OH is 10. The van der Waals surface area contributed by atoms with Gasteiger partial charge < -0.3 is 84.2 Å². The highest BCUT2D eigenvalue weighted by molar-refractivity contribution is 4.92. The maximum Gasteiger partial charge on any atom is 0.192 e. The Morgan fingerprint density at radius 1 is 0.524 bits per heavy atom. The van der Waals surface area contributed by atoms with Crippen LogP contribution in [0.25, 0.3) is 0 Å². The molecule has 3 saturated heterocycles. The molecule has 3 heterocycles. The Balaban J connectivity index is 1.60. The van der Waals surface area contributed by atoms with E-state index in [0.29, 0.717) is 19.3 Å². The highest BCUT2D eigenvalue weighted by Crippen LogP contribution is 2.30. The molecule has 0 aromatic carbocycles. The Hall–Kier alpha value is -0.680. The van der Waals surface area contributed by atoms with Gasteiger partial charge in [-0.05, 0) is 33.1 Å². The van der Waals surface area contributed by atoms with Gasteiger partial charge in [0.1, 0.15) is 67.1 Å². The third-order valence-electron chi connectivity index (χ3n) is 7.23. The molecule has 17 nitrogen and oxygen atoms in total. The molecular weight excluding hydrogens is 572 g/mol. The van der Waals surface area contributed by atoms with Crippen molar-refractivity contribution in [2.75, 3.05) is 26.4 Å². The lowest BCUT2D eigenvalue weighted by molar-refractivity contribution is -0.402. The average Bonchev–Trinajstić information content (AvgIpc) is 2.96. The summed E-state index contributed by atoms with van der Waals surface area (Å²) in [7, 11) is 0. The number of hydrogen-bond donors (Lipinski definition) is 10. The molecule has 10 N–H and O–H groups in total. The molecular formula is C25H46O17. The van der Waals surface area contributed by atoms with Gasteiger partial charge in [0.2, 0.25) is 0 Å². The average molecular weight is 619 g/mol. The summed E-state index contributed by atoms with van der Waals surface area (Å²) in [4.78, 5) is 0. The number of hydrogen-bond acceptors (Lipinski definition) is 17. The van der Waals surface area contributed by atoms with Crippen molar-refractivity contribution in [2.45, 2.75) is 132 Å². The molecule has 0 aromatic heterocycles. The van der Waals surface area contributed by atoms with E-state index < -0.39 is 98.9 Å². The minimum Gasteiger partial charge on any atom is -0.396 e. The maximum absolute atomic E-state index is 10.5. The van der Waals surface area contributed by atoms with Crippen LogP contribution in [-0.2, 0) is 33.2 Å². The van der Waals surface area contributed by atoms with Crippen molar-refractivity contribution in [3.8, 4) is 0 Å². The van der Waals surface area contributed by atoms with Crippen LogP contribution in [0.5, 0.6) is 0 Å². The van der Waals surface area contributed by atoms with Crippen molar-refractivity contribution < 1.29 is 84.2 Å². The Kier molecular flexibility index (Phi) is 14.1. The lowest BCUT2D eigenvalue weighted by Crippen LogP contribution is -2.64. The van der Waals surface area contributed by atoms with E-state index in [9.17, 15) is 46.0 Å². The van der Waals surface area contributed by atoms with Gasteiger partial charge in [-0.3, -0.25) is 0 Å². The molecule has 15 unspecified atom stereocenters. The standard InChI is InChI=1S/C25H46O17/c1-10(2)37-8-11-13(27)16(30)20(34)24(40-11)42-25-21(35)17(31)19(33)23(41-25)38-9-12-14(28)15(29)18(32)22(39-12)36-7-5-3-4-6-26/h10-35H,3-9H2,1-2H3. The quantitative estimate of drug-likeness (QED) is 0.0817. The van der Waals surface area contributed by atoms with Crippen molar-refractivity contribution >= 4 is 0 Å². The van der Waals surface area contributed by atoms with Crippen LogP contribution in [0.15, 0.2) is 0 Å². The van der Waals surface area contributed by atoms with E-state index in [4.69, 9.17) is 38.3 Å². The van der Waals surface area contributed by atoms with Gasteiger partial charge in [0.05, 0.1) is 19.3 Å². The molecule has 0 aliphatic carbocycles. The van der Waals surface area contributed by atoms with Crippen LogP contribution in [0.4, 0.5) is 0 Å². The van der Waals surface area contributed by atoms with E-state index in [1.54, 1.807) is 13.8 Å². The van der Waals surface area contributed by atoms with Gasteiger partial charge in [0.25, 0.3) is 0 Å². The molecule has 3 aliphatic heterocycles. The zero-order chi connectivity index (χ0) is 31.1. The van der Waals surface area contributed by atoms with Gasteiger partial charge in [0, 0.05) is 13.2 Å². The minimum absolute atomic E-state index is 0.0205. The highest BCUT2D eigenvalue weighted by Gasteiger charge is 2.51. The largest absolute Gasteiger partial charge is 0.396 e. The zero-order valence-corrected chi connectivity index (χ0v) is 23.5. The summed E-state index contributed by atoms with van der Waals surface area (Å²) in [6.45, 7) is 2.92. The second-order valence-corrected chi connectivity index (χ2v) is 10.9. The van der Waals surface area contributed by atoms with Gasteiger partial charge in [-0.1, -0.05) is 0 Å². The topological polar surface area (TPSA) is 267 Å². The number of unbranched alkanes of at least 4 members (excludes halogenated alkanes) is 2. The van der Waals surface area contributed by atoms with Gasteiger partial charge >= 0.3 is 0 Å². The zero-order valence-electron chi connectivity index (χ0n) is 23.5. The molecule has 3 fully saturated rings. The van der Waals surface area contributed by atoms with E-state index in [-0.39, 0.29) is 25.9 Å². The van der Waals surface area contributed by atoms with Crippen LogP contribution < -0.4 is 0 Å². The highest BCUT2D eigenvalue weighted by atomic mass is 16.8. The van der Waals surface area contributed by atoms with E-state index in [1.807, 2.05) is 0 Å². The van der Waals surface area contributed by atoms with Crippen LogP contribution >= 0.6 is 0 Å². The van der Waals surface area contributed by atoms with Gasteiger partial charge in [-0.25, -0.2) is 0 Å². The monoisotopic (exact) mass is 618 g/mol. The maximum atomic E-state index is 10.5. The first kappa shape index (κ1) is 35.8. The summed E-state index contributed by atoms with van der Waals surface area (Å²) in [5, 5.41) is 102. The predicted octanol–water partition coefficient (Wildman–Crippen LogP) is -5.00. The molecule has 0 spiro atoms. The molecule has 3 aliphatic rings. The van der Waals surface area contributed by atoms with Crippen molar-refractivity contribution in [1.29, 1.82) is 0 Å². The first-order valence-electron chi connectivity index (χ1n) is 14.1. The van der Waals surface area contributed by atoms with Crippen molar-refractivity contribution in [3.63, 3.8) is 0 Å². The molecule has 17 heteroatoms. The smallest absolute Gasteiger partial charge is 0.192 e. The van der Waals surface area contributed by atoms with Gasteiger partial charge in [0.15, 0.2) is 25.2 Å². The molecule has 42 heavy (non-hydrogen) atoms. The predicted molar refractivity (Wildman–Crippen MR) is 135 cm³/mol. The fourth-order valence-electron chi connectivity index (χ4n) is 4.63. The number of aliphatic hydroxyl groups is 10. The van der Waals surface area contributed by atoms with Gasteiger partial charge in [-0.2, -0.15) is 0 Å². The molecule has 0 radical (unpaired) electrons. The fraction of sp³-hybridized carbons (Fsp3) is 1.00. The van der Waals surface area contributed by atoms with E-state index in [0.717, 1.165) is 0 Å². The molecule has 0 bridgehead atoms. The Labute approximate surface area is 242 Å². The Morgan fingerprint density at radius 3 is 1.57 bits per heavy atom. The fourth-order valence-corrected chi connectivity index (χ4v) is 4.63. The Morgan fingerprint density at radius 2 is 1.00 bits per heavy atom. The molecule has 248 valence electrons. The minimum atomic E-state index is -1.88. The number of rotatable bonds is 14. The van der Waals surface area contributed by atoms with Crippen LogP contribution in [0.2, 0.25) is 0 Å². The lowest BCUT2D eigenvalue weighted by Gasteiger charge is -2.45. The molecule has 0 amide bonds. The van der Waals surface area contributed by atoms with Crippen molar-refractivity contribution in [1.82, 2.24) is 0 Å². The molecule has 0 aromatic rings. The number of ether oxygens (including phenoxy) is 7. The van der Waals surface area contributed by atoms with E-state index in [1.165, 1.54) is 0 Å². The van der Waals surface area contributed by atoms with Crippen molar-refractivity contribution in [2.24, 2.45) is 0 Å². The summed E-state index contributed by atoms with van der Waals surface area (Å²) in [5.41, 5.74) is 0. The van der Waals surface area contributed by atoms with E-state index >= 15 is 0 Å². The third kappa shape index (κ3) is 8.95. The Bertz CT molecular complexity index is 777. The summed E-state index contributed by atoms with van der Waals surface area (Å²) in [6.07, 6.45) is -22.9. The first-order chi connectivity index (χ1) is 19.9. The molecule has 0 saturated carbocycles. The van der Waals surface area contributed by atoms with Crippen LogP contribution in [0.3, 0.4) is 0 Å². The second-order valence-electron chi connectivity index (χ2n) is 10.9. The van der Waals surface area contributed by atoms with E-state index in [2.05, 4.69) is 0 Å². The van der Waals surface area contributed by atoms with Crippen molar-refractivity contribution in [3.05, 3.63) is 0 Å². The summed E-state index contributed by atoms with van der Waals surface area (Å²) < 4.78 is 38.4. The van der Waals surface area contributed by atoms with Crippen LogP contribution in [-0.4, -0.2) is 176 Å². The molecule has 3 rings (SSSR count). The second kappa shape index (κ2) is 16.6. The molecule has 15 atom stereocenters. The van der Waals surface area contributed by atoms with Crippen LogP contribution in [0, 0.1) is 0 Å². The summed E-state index contributed by atoms with van der Waals surface area (Å²) >= 11 is 0. The summed E-state index contributed by atoms with van der Waals surface area (Å²) in [5.74, 6) is 0. The van der Waals surface area contributed by atoms with Gasteiger partial charge in [-0.15, -0.1) is 0 Å². The third-order valence-corrected chi connectivity index (χ3v) is 7.23. The summed E-state index contributed by atoms with van der Waals surface area (Å²) in [6, 6.07) is 0. The van der Waals surface area contributed by atoms with Crippen LogP contribution in [0.1, 0.15) is 33.1 Å². The SMILES string of the molecule is CC(C)OCC1OC(OC2OC(OCC3OC(OCCCCCO)C(O)C(O)C3O)C(O)C(O)C2O)C(O)C(O)C1O. The normalized spacial score (nSPS) is 44.9. The first-order valence-corrected chi connectivity index (χ1v) is 14.1.